The van der Waals surface area contributed by atoms with Gasteiger partial charge in [-0.25, -0.2) is 22.0 Å². The van der Waals surface area contributed by atoms with E-state index >= 15 is 0 Å². The standard InChI is InChI=1S/C10H16N2O4S3/c1-3-10(11)5-6(2)18(13,14)9-7(10)4-8(17-9)19(12,15)16/h4,6H,3,5,11H2,1-2H3,(H2,12,15,16)/t6-,10+/m0/s1. The SMILES string of the molecule is CC[C@@]1(N)C[C@H](C)S(=O)(=O)c2sc(S(N)(=O)=O)cc21. The molecular weight excluding hydrogens is 308 g/mol. The lowest BCUT2D eigenvalue weighted by Gasteiger charge is -2.35. The maximum Gasteiger partial charge on any atom is 0.247 e. The van der Waals surface area contributed by atoms with Crippen LogP contribution in [0.1, 0.15) is 32.3 Å². The molecule has 1 aromatic rings. The lowest BCUT2D eigenvalue weighted by Crippen LogP contribution is -2.45. The quantitative estimate of drug-likeness (QED) is 0.822. The third kappa shape index (κ3) is 2.23. The summed E-state index contributed by atoms with van der Waals surface area (Å²) < 4.78 is 47.2. The van der Waals surface area contributed by atoms with Crippen molar-refractivity contribution >= 4 is 31.2 Å². The third-order valence-electron chi connectivity index (χ3n) is 3.56. The number of hydrogen-bond donors (Lipinski definition) is 2. The van der Waals surface area contributed by atoms with Crippen molar-refractivity contribution in [1.82, 2.24) is 0 Å². The molecule has 0 aromatic carbocycles. The minimum atomic E-state index is -3.92. The van der Waals surface area contributed by atoms with Crippen molar-refractivity contribution in [2.24, 2.45) is 10.9 Å². The fourth-order valence-electron chi connectivity index (χ4n) is 2.30. The van der Waals surface area contributed by atoms with Gasteiger partial charge < -0.3 is 5.73 Å². The van der Waals surface area contributed by atoms with E-state index in [1.54, 1.807) is 6.92 Å². The minimum absolute atomic E-state index is 0.0413. The average molecular weight is 324 g/mol. The summed E-state index contributed by atoms with van der Waals surface area (Å²) in [6.07, 6.45) is 0.806. The number of rotatable bonds is 2. The zero-order valence-electron chi connectivity index (χ0n) is 10.6. The predicted molar refractivity (Wildman–Crippen MR) is 73.1 cm³/mol. The number of thiophene rings is 1. The van der Waals surface area contributed by atoms with Gasteiger partial charge in [0.2, 0.25) is 10.0 Å². The molecule has 0 bridgehead atoms. The van der Waals surface area contributed by atoms with E-state index in [1.165, 1.54) is 6.07 Å². The summed E-state index contributed by atoms with van der Waals surface area (Å²) in [5, 5.41) is 4.44. The Morgan fingerprint density at radius 3 is 2.58 bits per heavy atom. The van der Waals surface area contributed by atoms with Crippen molar-refractivity contribution < 1.29 is 16.8 Å². The van der Waals surface area contributed by atoms with Crippen molar-refractivity contribution in [3.63, 3.8) is 0 Å². The van der Waals surface area contributed by atoms with Crippen LogP contribution in [0.3, 0.4) is 0 Å². The van der Waals surface area contributed by atoms with Crippen molar-refractivity contribution in [3.8, 4) is 0 Å². The van der Waals surface area contributed by atoms with E-state index in [9.17, 15) is 16.8 Å². The van der Waals surface area contributed by atoms with Crippen LogP contribution in [0.15, 0.2) is 14.5 Å². The monoisotopic (exact) mass is 324 g/mol. The molecule has 108 valence electrons. The maximum absolute atomic E-state index is 12.3. The number of sulfone groups is 1. The second kappa shape index (κ2) is 4.26. The molecule has 0 saturated carbocycles. The van der Waals surface area contributed by atoms with E-state index in [0.717, 1.165) is 0 Å². The van der Waals surface area contributed by atoms with Gasteiger partial charge >= 0.3 is 0 Å². The fourth-order valence-corrected chi connectivity index (χ4v) is 6.87. The highest BCUT2D eigenvalue weighted by molar-refractivity contribution is 7.95. The number of fused-ring (bicyclic) bond motifs is 1. The number of primary sulfonamides is 1. The lowest BCUT2D eigenvalue weighted by molar-refractivity contribution is 0.372. The van der Waals surface area contributed by atoms with E-state index in [-0.39, 0.29) is 14.8 Å². The van der Waals surface area contributed by atoms with Gasteiger partial charge in [-0.1, -0.05) is 6.92 Å². The summed E-state index contributed by atoms with van der Waals surface area (Å²) >= 11 is 0.690. The van der Waals surface area contributed by atoms with Gasteiger partial charge in [0.1, 0.15) is 8.42 Å². The van der Waals surface area contributed by atoms with Gasteiger partial charge in [-0.05, 0) is 25.8 Å². The Kier molecular flexibility index (Phi) is 3.34. The van der Waals surface area contributed by atoms with Gasteiger partial charge in [-0.3, -0.25) is 0 Å². The van der Waals surface area contributed by atoms with E-state index in [0.29, 0.717) is 23.3 Å². The first-order chi connectivity index (χ1) is 8.52. The van der Waals surface area contributed by atoms with Crippen molar-refractivity contribution in [2.75, 3.05) is 0 Å². The Balaban J connectivity index is 2.80. The second-order valence-corrected chi connectivity index (χ2v) is 10.3. The molecule has 0 amide bonds. The highest BCUT2D eigenvalue weighted by Crippen LogP contribution is 2.45. The Labute approximate surface area is 116 Å². The Morgan fingerprint density at radius 1 is 1.53 bits per heavy atom. The van der Waals surface area contributed by atoms with Gasteiger partial charge in [0, 0.05) is 11.1 Å². The van der Waals surface area contributed by atoms with Gasteiger partial charge in [0.25, 0.3) is 0 Å². The number of nitrogens with two attached hydrogens (primary N) is 2. The highest BCUT2D eigenvalue weighted by Gasteiger charge is 2.45. The fraction of sp³-hybridized carbons (Fsp3) is 0.600. The lowest BCUT2D eigenvalue weighted by atomic mass is 9.85. The van der Waals surface area contributed by atoms with Gasteiger partial charge in [0.15, 0.2) is 9.84 Å². The van der Waals surface area contributed by atoms with Crippen molar-refractivity contribution in [1.29, 1.82) is 0 Å². The van der Waals surface area contributed by atoms with E-state index < -0.39 is 30.6 Å². The summed E-state index contributed by atoms with van der Waals surface area (Å²) in [6.45, 7) is 3.44. The number of sulfonamides is 1. The topological polar surface area (TPSA) is 120 Å². The molecule has 0 fully saturated rings. The van der Waals surface area contributed by atoms with Crippen LogP contribution in [0.2, 0.25) is 0 Å². The molecule has 9 heteroatoms. The molecule has 2 heterocycles. The molecule has 2 rings (SSSR count). The number of hydrogen-bond acceptors (Lipinski definition) is 6. The summed E-state index contributed by atoms with van der Waals surface area (Å²) in [6, 6.07) is 1.31. The van der Waals surface area contributed by atoms with Crippen LogP contribution < -0.4 is 10.9 Å². The Morgan fingerprint density at radius 2 is 2.11 bits per heavy atom. The molecule has 1 aliphatic heterocycles. The molecule has 0 spiro atoms. The normalized spacial score (nSPS) is 30.0. The molecule has 1 aliphatic rings. The van der Waals surface area contributed by atoms with E-state index in [2.05, 4.69) is 0 Å². The molecule has 0 unspecified atom stereocenters. The smallest absolute Gasteiger partial charge is 0.247 e. The zero-order chi connectivity index (χ0) is 14.6. The van der Waals surface area contributed by atoms with Crippen molar-refractivity contribution in [2.45, 2.75) is 45.9 Å². The van der Waals surface area contributed by atoms with Crippen LogP contribution in [0.4, 0.5) is 0 Å². The van der Waals surface area contributed by atoms with Crippen LogP contribution in [0.25, 0.3) is 0 Å². The van der Waals surface area contributed by atoms with Crippen LogP contribution in [0.5, 0.6) is 0 Å². The van der Waals surface area contributed by atoms with Crippen LogP contribution in [-0.4, -0.2) is 22.1 Å². The molecule has 2 atom stereocenters. The van der Waals surface area contributed by atoms with Gasteiger partial charge in [-0.15, -0.1) is 11.3 Å². The molecule has 4 N–H and O–H groups in total. The molecule has 1 aromatic heterocycles. The summed E-state index contributed by atoms with van der Waals surface area (Å²) in [5.74, 6) is 0. The summed E-state index contributed by atoms with van der Waals surface area (Å²) in [7, 11) is -7.45. The molecule has 0 radical (unpaired) electrons. The summed E-state index contributed by atoms with van der Waals surface area (Å²) in [5.41, 5.74) is 5.80. The minimum Gasteiger partial charge on any atom is -0.321 e. The predicted octanol–water partition coefficient (Wildman–Crippen LogP) is 0.525. The van der Waals surface area contributed by atoms with Gasteiger partial charge in [-0.2, -0.15) is 0 Å². The van der Waals surface area contributed by atoms with Gasteiger partial charge in [0.05, 0.1) is 5.25 Å². The molecule has 19 heavy (non-hydrogen) atoms. The van der Waals surface area contributed by atoms with Crippen LogP contribution in [0, 0.1) is 0 Å². The van der Waals surface area contributed by atoms with E-state index in [1.807, 2.05) is 6.92 Å². The highest BCUT2D eigenvalue weighted by atomic mass is 32.3. The Bertz CT molecular complexity index is 720. The van der Waals surface area contributed by atoms with Crippen LogP contribution in [-0.2, 0) is 25.4 Å². The Hall–Kier alpha value is -0.480. The summed E-state index contributed by atoms with van der Waals surface area (Å²) in [4.78, 5) is 0. The molecule has 0 saturated heterocycles. The first kappa shape index (κ1) is 14.9. The first-order valence-electron chi connectivity index (χ1n) is 5.72. The molecule has 6 nitrogen and oxygen atoms in total. The molecule has 0 aliphatic carbocycles. The van der Waals surface area contributed by atoms with Crippen LogP contribution >= 0.6 is 11.3 Å². The van der Waals surface area contributed by atoms with Crippen molar-refractivity contribution in [3.05, 3.63) is 11.6 Å². The first-order valence-corrected chi connectivity index (χ1v) is 9.63. The average Bonchev–Trinajstić information content (AvgIpc) is 2.73. The van der Waals surface area contributed by atoms with E-state index in [4.69, 9.17) is 10.9 Å². The maximum atomic E-state index is 12.3. The molecular formula is C10H16N2O4S3. The third-order valence-corrected chi connectivity index (χ3v) is 8.82. The largest absolute Gasteiger partial charge is 0.321 e. The zero-order valence-corrected chi connectivity index (χ0v) is 13.0. The second-order valence-electron chi connectivity index (χ2n) is 4.88.